The van der Waals surface area contributed by atoms with Crippen molar-refractivity contribution in [3.05, 3.63) is 58.9 Å². The Morgan fingerprint density at radius 2 is 2.12 bits per heavy atom. The van der Waals surface area contributed by atoms with Crippen LogP contribution in [0.4, 0.5) is 0 Å². The van der Waals surface area contributed by atoms with E-state index in [-0.39, 0.29) is 18.5 Å². The number of aromatic nitrogens is 3. The number of nitrogens with one attached hydrogen (secondary N) is 1. The number of benzene rings is 1. The Labute approximate surface area is 150 Å². The Bertz CT molecular complexity index is 907. The van der Waals surface area contributed by atoms with Crippen LogP contribution < -0.4 is 5.32 Å². The number of halogens is 1. The maximum Gasteiger partial charge on any atom is 0.252 e. The van der Waals surface area contributed by atoms with Gasteiger partial charge in [0.25, 0.3) is 5.91 Å². The molecule has 3 rings (SSSR count). The van der Waals surface area contributed by atoms with Crippen molar-refractivity contribution < 1.29 is 9.90 Å². The number of rotatable bonds is 5. The number of pyridine rings is 1. The molecule has 0 saturated carbocycles. The van der Waals surface area contributed by atoms with E-state index in [1.807, 2.05) is 13.8 Å². The molecule has 0 radical (unpaired) electrons. The van der Waals surface area contributed by atoms with Gasteiger partial charge < -0.3 is 10.4 Å². The third-order valence-electron chi connectivity index (χ3n) is 3.87. The van der Waals surface area contributed by atoms with Crippen LogP contribution in [0.15, 0.2) is 42.7 Å². The Kier molecular flexibility index (Phi) is 5.01. The molecule has 2 heterocycles. The largest absolute Gasteiger partial charge is 0.387 e. The lowest BCUT2D eigenvalue weighted by Crippen LogP contribution is -2.28. The molecule has 6 nitrogen and oxygen atoms in total. The van der Waals surface area contributed by atoms with Gasteiger partial charge in [0.15, 0.2) is 5.65 Å². The predicted molar refractivity (Wildman–Crippen MR) is 96.7 cm³/mol. The van der Waals surface area contributed by atoms with Gasteiger partial charge in [-0.15, -0.1) is 0 Å². The van der Waals surface area contributed by atoms with E-state index in [0.717, 1.165) is 11.0 Å². The second-order valence-electron chi connectivity index (χ2n) is 6.10. The summed E-state index contributed by atoms with van der Waals surface area (Å²) in [4.78, 5) is 16.7. The minimum atomic E-state index is -0.831. The van der Waals surface area contributed by atoms with Crippen molar-refractivity contribution in [3.63, 3.8) is 0 Å². The molecule has 2 N–H and O–H groups in total. The van der Waals surface area contributed by atoms with E-state index >= 15 is 0 Å². The summed E-state index contributed by atoms with van der Waals surface area (Å²) in [6.45, 7) is 4.13. The fraction of sp³-hybridized carbons (Fsp3) is 0.278. The molecule has 3 aromatic rings. The van der Waals surface area contributed by atoms with Crippen LogP contribution in [0.1, 0.15) is 41.9 Å². The smallest absolute Gasteiger partial charge is 0.252 e. The highest BCUT2D eigenvalue weighted by molar-refractivity contribution is 6.30. The zero-order valence-corrected chi connectivity index (χ0v) is 14.7. The molecule has 2 aromatic heterocycles. The molecule has 0 aliphatic carbocycles. The van der Waals surface area contributed by atoms with Crippen LogP contribution in [0.5, 0.6) is 0 Å². The van der Waals surface area contributed by atoms with Gasteiger partial charge in [-0.1, -0.05) is 23.7 Å². The van der Waals surface area contributed by atoms with Crippen molar-refractivity contribution in [2.75, 3.05) is 6.54 Å². The van der Waals surface area contributed by atoms with Crippen molar-refractivity contribution in [2.45, 2.75) is 26.0 Å². The number of nitrogens with zero attached hydrogens (tertiary/aromatic N) is 3. The summed E-state index contributed by atoms with van der Waals surface area (Å²) in [7, 11) is 0. The molecule has 0 saturated heterocycles. The molecule has 7 heteroatoms. The second-order valence-corrected chi connectivity index (χ2v) is 6.54. The first kappa shape index (κ1) is 17.4. The summed E-state index contributed by atoms with van der Waals surface area (Å²) in [6, 6.07) is 8.86. The number of carbonyl (C=O) groups excluding carboxylic acids is 1. The summed E-state index contributed by atoms with van der Waals surface area (Å²) >= 11 is 5.91. The molecule has 0 aliphatic rings. The highest BCUT2D eigenvalue weighted by Gasteiger charge is 2.14. The third kappa shape index (κ3) is 3.81. The van der Waals surface area contributed by atoms with Crippen molar-refractivity contribution >= 4 is 28.5 Å². The van der Waals surface area contributed by atoms with Gasteiger partial charge in [-0.3, -0.25) is 4.79 Å². The number of hydrogen-bond donors (Lipinski definition) is 2. The first-order valence-corrected chi connectivity index (χ1v) is 8.38. The number of hydrogen-bond acceptors (Lipinski definition) is 4. The lowest BCUT2D eigenvalue weighted by Gasteiger charge is -2.12. The quantitative estimate of drug-likeness (QED) is 0.734. The van der Waals surface area contributed by atoms with E-state index in [2.05, 4.69) is 15.4 Å². The van der Waals surface area contributed by atoms with E-state index in [9.17, 15) is 9.90 Å². The Balaban J connectivity index is 1.70. The Morgan fingerprint density at radius 3 is 2.84 bits per heavy atom. The van der Waals surface area contributed by atoms with Crippen molar-refractivity contribution in [2.24, 2.45) is 0 Å². The molecule has 1 amide bonds. The van der Waals surface area contributed by atoms with E-state index < -0.39 is 6.10 Å². The molecule has 0 aliphatic heterocycles. The monoisotopic (exact) mass is 358 g/mol. The van der Waals surface area contributed by atoms with Gasteiger partial charge in [0.1, 0.15) is 0 Å². The summed E-state index contributed by atoms with van der Waals surface area (Å²) in [5.41, 5.74) is 1.82. The molecule has 0 fully saturated rings. The maximum atomic E-state index is 12.3. The number of carbonyl (C=O) groups is 1. The first-order valence-electron chi connectivity index (χ1n) is 8.00. The summed E-state index contributed by atoms with van der Waals surface area (Å²) in [6.07, 6.45) is 2.38. The molecule has 1 aromatic carbocycles. The number of aliphatic hydroxyl groups is 1. The predicted octanol–water partition coefficient (Wildman–Crippen LogP) is 3.13. The fourth-order valence-electron chi connectivity index (χ4n) is 2.57. The minimum absolute atomic E-state index is 0.0858. The third-order valence-corrected chi connectivity index (χ3v) is 4.11. The Hall–Kier alpha value is -2.44. The number of fused-ring (bicyclic) bond motifs is 1. The van der Waals surface area contributed by atoms with Crippen LogP contribution >= 0.6 is 11.6 Å². The molecule has 130 valence electrons. The Morgan fingerprint density at radius 1 is 1.32 bits per heavy atom. The lowest BCUT2D eigenvalue weighted by molar-refractivity contribution is 0.0916. The maximum absolute atomic E-state index is 12.3. The summed E-state index contributed by atoms with van der Waals surface area (Å²) in [5.74, 6) is -0.298. The summed E-state index contributed by atoms with van der Waals surface area (Å²) < 4.78 is 1.81. The van der Waals surface area contributed by atoms with Gasteiger partial charge in [0, 0.05) is 29.2 Å². The van der Waals surface area contributed by atoms with E-state index in [1.165, 1.54) is 6.20 Å². The first-order chi connectivity index (χ1) is 12.0. The zero-order chi connectivity index (χ0) is 18.0. The second kappa shape index (κ2) is 7.21. The van der Waals surface area contributed by atoms with Gasteiger partial charge in [-0.25, -0.2) is 9.67 Å². The fourth-order valence-corrected chi connectivity index (χ4v) is 2.76. The van der Waals surface area contributed by atoms with Crippen LogP contribution in [0.2, 0.25) is 5.02 Å². The van der Waals surface area contributed by atoms with Crippen LogP contribution in [0.25, 0.3) is 11.0 Å². The molecular weight excluding hydrogens is 340 g/mol. The topological polar surface area (TPSA) is 80.0 Å². The van der Waals surface area contributed by atoms with Gasteiger partial charge >= 0.3 is 0 Å². The molecule has 0 bridgehead atoms. The van der Waals surface area contributed by atoms with Gasteiger partial charge in [-0.05, 0) is 37.6 Å². The van der Waals surface area contributed by atoms with Crippen molar-refractivity contribution in [1.29, 1.82) is 0 Å². The zero-order valence-electron chi connectivity index (χ0n) is 14.0. The van der Waals surface area contributed by atoms with E-state index in [1.54, 1.807) is 41.2 Å². The normalized spacial score (nSPS) is 12.5. The highest BCUT2D eigenvalue weighted by Crippen LogP contribution is 2.18. The lowest BCUT2D eigenvalue weighted by atomic mass is 10.1. The SMILES string of the molecule is CC(C)n1ncc2cc(C(=O)NCC(O)c3cccc(Cl)c3)cnc21. The molecule has 1 unspecified atom stereocenters. The van der Waals surface area contributed by atoms with Crippen molar-refractivity contribution in [3.8, 4) is 0 Å². The molecule has 0 spiro atoms. The van der Waals surface area contributed by atoms with Crippen LogP contribution in [-0.4, -0.2) is 32.3 Å². The molecular formula is C18H19ClN4O2. The van der Waals surface area contributed by atoms with Gasteiger partial charge in [0.05, 0.1) is 17.9 Å². The summed E-state index contributed by atoms with van der Waals surface area (Å²) in [5, 5.41) is 18.5. The molecule has 25 heavy (non-hydrogen) atoms. The standard InChI is InChI=1S/C18H19ClN4O2/c1-11(2)23-17-13(9-22-23)6-14(8-20-17)18(25)21-10-16(24)12-4-3-5-15(19)7-12/h3-9,11,16,24H,10H2,1-2H3,(H,21,25). The average Bonchev–Trinajstić information content (AvgIpc) is 3.02. The average molecular weight is 359 g/mol. The van der Waals surface area contributed by atoms with Crippen LogP contribution in [0, 0.1) is 0 Å². The van der Waals surface area contributed by atoms with Gasteiger partial charge in [0.2, 0.25) is 0 Å². The van der Waals surface area contributed by atoms with E-state index in [4.69, 9.17) is 11.6 Å². The van der Waals surface area contributed by atoms with Crippen LogP contribution in [0.3, 0.4) is 0 Å². The van der Waals surface area contributed by atoms with E-state index in [0.29, 0.717) is 16.1 Å². The minimum Gasteiger partial charge on any atom is -0.387 e. The number of aliphatic hydroxyl groups excluding tert-OH is 1. The highest BCUT2D eigenvalue weighted by atomic mass is 35.5. The van der Waals surface area contributed by atoms with Crippen molar-refractivity contribution in [1.82, 2.24) is 20.1 Å². The van der Waals surface area contributed by atoms with Crippen LogP contribution in [-0.2, 0) is 0 Å². The van der Waals surface area contributed by atoms with Gasteiger partial charge in [-0.2, -0.15) is 5.10 Å². The molecule has 1 atom stereocenters. The number of amides is 1.